The largest absolute Gasteiger partial charge is 0.573 e. The molecule has 0 amide bonds. The molecular weight excluding hydrogens is 391 g/mol. The number of rotatable bonds is 4. The van der Waals surface area contributed by atoms with E-state index in [2.05, 4.69) is 4.74 Å². The summed E-state index contributed by atoms with van der Waals surface area (Å²) in [4.78, 5) is 12.1. The lowest BCUT2D eigenvalue weighted by molar-refractivity contribution is -0.384. The number of non-ortho nitro benzene ring substituents is 1. The second-order valence-electron chi connectivity index (χ2n) is 6.66. The Hall–Kier alpha value is -3.32. The van der Waals surface area contributed by atoms with E-state index >= 15 is 0 Å². The number of anilines is 1. The third kappa shape index (κ3) is 4.57. The lowest BCUT2D eigenvalue weighted by Gasteiger charge is -2.40. The van der Waals surface area contributed by atoms with Crippen molar-refractivity contribution in [2.75, 3.05) is 18.0 Å². The van der Waals surface area contributed by atoms with Crippen LogP contribution in [0, 0.1) is 21.4 Å². The van der Waals surface area contributed by atoms with Crippen LogP contribution < -0.4 is 9.64 Å². The Morgan fingerprint density at radius 3 is 2.48 bits per heavy atom. The molecule has 0 atom stereocenters. The topological polar surface area (TPSA) is 99.6 Å². The molecule has 1 aliphatic rings. The molecule has 1 N–H and O–H groups in total. The number of aliphatic hydroxyl groups is 1. The predicted octanol–water partition coefficient (Wildman–Crippen LogP) is 3.85. The van der Waals surface area contributed by atoms with Gasteiger partial charge in [-0.3, -0.25) is 10.1 Å². The van der Waals surface area contributed by atoms with Gasteiger partial charge in [0.05, 0.1) is 21.8 Å². The number of hydrogen-bond acceptors (Lipinski definition) is 6. The van der Waals surface area contributed by atoms with Crippen molar-refractivity contribution in [3.63, 3.8) is 0 Å². The fourth-order valence-electron chi connectivity index (χ4n) is 3.39. The van der Waals surface area contributed by atoms with Gasteiger partial charge >= 0.3 is 6.36 Å². The van der Waals surface area contributed by atoms with Gasteiger partial charge in [0.25, 0.3) is 5.69 Å². The van der Waals surface area contributed by atoms with E-state index in [1.807, 2.05) is 11.0 Å². The summed E-state index contributed by atoms with van der Waals surface area (Å²) in [6, 6.07) is 11.1. The van der Waals surface area contributed by atoms with Gasteiger partial charge in [0.1, 0.15) is 11.8 Å². The first-order valence-electron chi connectivity index (χ1n) is 8.63. The van der Waals surface area contributed by atoms with Gasteiger partial charge in [-0.15, -0.1) is 13.2 Å². The van der Waals surface area contributed by atoms with Crippen LogP contribution in [-0.4, -0.2) is 29.5 Å². The van der Waals surface area contributed by atoms with Crippen LogP contribution >= 0.6 is 0 Å². The van der Waals surface area contributed by atoms with E-state index in [-0.39, 0.29) is 24.1 Å². The minimum atomic E-state index is -4.83. The zero-order valence-electron chi connectivity index (χ0n) is 15.0. The molecule has 2 aromatic rings. The molecule has 7 nitrogen and oxygen atoms in total. The zero-order chi connectivity index (χ0) is 21.2. The summed E-state index contributed by atoms with van der Waals surface area (Å²) < 4.78 is 41.2. The normalized spacial score (nSPS) is 16.2. The van der Waals surface area contributed by atoms with Gasteiger partial charge in [-0.1, -0.05) is 12.1 Å². The van der Waals surface area contributed by atoms with Crippen LogP contribution in [0.1, 0.15) is 24.0 Å². The van der Waals surface area contributed by atoms with Crippen LogP contribution in [-0.2, 0) is 5.60 Å². The Balaban J connectivity index is 1.77. The number of alkyl halides is 3. The van der Waals surface area contributed by atoms with E-state index in [9.17, 15) is 33.7 Å². The number of hydrogen-bond donors (Lipinski definition) is 1. The summed E-state index contributed by atoms with van der Waals surface area (Å²) in [6.07, 6.45) is -4.43. The molecule has 3 rings (SSSR count). The van der Waals surface area contributed by atoms with E-state index in [1.54, 1.807) is 0 Å². The molecule has 0 aliphatic carbocycles. The number of nitro groups is 1. The molecule has 0 spiro atoms. The number of benzene rings is 2. The highest BCUT2D eigenvalue weighted by Crippen LogP contribution is 2.37. The molecular formula is C19H16F3N3O4. The number of nitriles is 1. The molecule has 29 heavy (non-hydrogen) atoms. The first kappa shape index (κ1) is 20.4. The van der Waals surface area contributed by atoms with Gasteiger partial charge in [-0.25, -0.2) is 0 Å². The first-order valence-corrected chi connectivity index (χ1v) is 8.63. The summed E-state index contributed by atoms with van der Waals surface area (Å²) in [7, 11) is 0. The Morgan fingerprint density at radius 1 is 1.21 bits per heavy atom. The maximum absolute atomic E-state index is 12.4. The maximum atomic E-state index is 12.4. The average Bonchev–Trinajstić information content (AvgIpc) is 2.67. The summed E-state index contributed by atoms with van der Waals surface area (Å²) in [5, 5.41) is 31.1. The standard InChI is InChI=1S/C19H16F3N3O4/c20-19(21,22)29-16-3-1-2-14(11-16)18(26)6-8-24(9-7-18)17-5-4-15(25(27)28)10-13(17)12-23/h1-5,10-11,26H,6-9H2. The van der Waals surface area contributed by atoms with Gasteiger partial charge in [-0.05, 0) is 36.6 Å². The van der Waals surface area contributed by atoms with Crippen molar-refractivity contribution >= 4 is 11.4 Å². The van der Waals surface area contributed by atoms with Gasteiger partial charge in [-0.2, -0.15) is 5.26 Å². The van der Waals surface area contributed by atoms with Crippen LogP contribution in [0.2, 0.25) is 0 Å². The molecule has 0 unspecified atom stereocenters. The summed E-state index contributed by atoms with van der Waals surface area (Å²) in [6.45, 7) is 0.626. The van der Waals surface area contributed by atoms with Crippen molar-refractivity contribution in [1.29, 1.82) is 5.26 Å². The molecule has 1 saturated heterocycles. The molecule has 1 aliphatic heterocycles. The van der Waals surface area contributed by atoms with Crippen molar-refractivity contribution in [1.82, 2.24) is 0 Å². The Morgan fingerprint density at radius 2 is 1.90 bits per heavy atom. The number of piperidine rings is 1. The molecule has 0 saturated carbocycles. The van der Waals surface area contributed by atoms with E-state index in [0.717, 1.165) is 12.1 Å². The van der Waals surface area contributed by atoms with Crippen LogP contribution in [0.25, 0.3) is 0 Å². The fourth-order valence-corrected chi connectivity index (χ4v) is 3.39. The first-order chi connectivity index (χ1) is 13.6. The van der Waals surface area contributed by atoms with Crippen LogP contribution in [0.4, 0.5) is 24.5 Å². The van der Waals surface area contributed by atoms with Gasteiger partial charge < -0.3 is 14.7 Å². The monoisotopic (exact) mass is 407 g/mol. The van der Waals surface area contributed by atoms with Crippen molar-refractivity contribution in [3.8, 4) is 11.8 Å². The van der Waals surface area contributed by atoms with E-state index in [0.29, 0.717) is 24.3 Å². The third-order valence-corrected chi connectivity index (χ3v) is 4.85. The van der Waals surface area contributed by atoms with E-state index < -0.39 is 22.6 Å². The smallest absolute Gasteiger partial charge is 0.406 e. The molecule has 10 heteroatoms. The van der Waals surface area contributed by atoms with Gasteiger partial charge in [0.2, 0.25) is 0 Å². The number of nitrogens with zero attached hydrogens (tertiary/aromatic N) is 3. The predicted molar refractivity (Wildman–Crippen MR) is 96.3 cm³/mol. The van der Waals surface area contributed by atoms with Gasteiger partial charge in [0, 0.05) is 25.2 Å². The minimum absolute atomic E-state index is 0.144. The lowest BCUT2D eigenvalue weighted by atomic mass is 9.84. The van der Waals surface area contributed by atoms with Crippen LogP contribution in [0.15, 0.2) is 42.5 Å². The third-order valence-electron chi connectivity index (χ3n) is 4.85. The summed E-state index contributed by atoms with van der Waals surface area (Å²) >= 11 is 0. The van der Waals surface area contributed by atoms with Crippen molar-refractivity contribution in [3.05, 3.63) is 63.7 Å². The summed E-state index contributed by atoms with van der Waals surface area (Å²) in [5.74, 6) is -0.409. The van der Waals surface area contributed by atoms with Crippen LogP contribution in [0.5, 0.6) is 5.75 Å². The quantitative estimate of drug-likeness (QED) is 0.610. The Bertz CT molecular complexity index is 964. The van der Waals surface area contributed by atoms with E-state index in [1.165, 1.54) is 30.3 Å². The number of halogens is 3. The SMILES string of the molecule is N#Cc1cc([N+](=O)[O-])ccc1N1CCC(O)(c2cccc(OC(F)(F)F)c2)CC1. The molecule has 0 radical (unpaired) electrons. The highest BCUT2D eigenvalue weighted by Gasteiger charge is 2.36. The fraction of sp³-hybridized carbons (Fsp3) is 0.316. The molecule has 0 bridgehead atoms. The van der Waals surface area contributed by atoms with Crippen LogP contribution in [0.3, 0.4) is 0 Å². The molecule has 152 valence electrons. The Labute approximate surface area is 163 Å². The van der Waals surface area contributed by atoms with Crippen molar-refractivity contribution in [2.24, 2.45) is 0 Å². The number of ether oxygens (including phenoxy) is 1. The second kappa shape index (κ2) is 7.60. The van der Waals surface area contributed by atoms with E-state index in [4.69, 9.17) is 0 Å². The lowest BCUT2D eigenvalue weighted by Crippen LogP contribution is -2.43. The molecule has 1 heterocycles. The molecule has 1 fully saturated rings. The highest BCUT2D eigenvalue weighted by molar-refractivity contribution is 5.63. The second-order valence-corrected chi connectivity index (χ2v) is 6.66. The van der Waals surface area contributed by atoms with Crippen molar-refractivity contribution < 1.29 is 27.9 Å². The van der Waals surface area contributed by atoms with Gasteiger partial charge in [0.15, 0.2) is 0 Å². The zero-order valence-corrected chi connectivity index (χ0v) is 15.0. The average molecular weight is 407 g/mol. The number of nitro benzene ring substituents is 1. The maximum Gasteiger partial charge on any atom is 0.573 e. The summed E-state index contributed by atoms with van der Waals surface area (Å²) in [5.41, 5.74) is -0.586. The highest BCUT2D eigenvalue weighted by atomic mass is 19.4. The molecule has 0 aromatic heterocycles. The minimum Gasteiger partial charge on any atom is -0.406 e. The molecule has 2 aromatic carbocycles. The van der Waals surface area contributed by atoms with Crippen molar-refractivity contribution in [2.45, 2.75) is 24.8 Å². The Kier molecular flexibility index (Phi) is 5.35.